The van der Waals surface area contributed by atoms with E-state index in [-0.39, 0.29) is 30.8 Å². The number of aryl methyl sites for hydroxylation is 1. The highest BCUT2D eigenvalue weighted by Crippen LogP contribution is 2.19. The van der Waals surface area contributed by atoms with Gasteiger partial charge in [-0.05, 0) is 37.6 Å². The van der Waals surface area contributed by atoms with Crippen molar-refractivity contribution in [2.45, 2.75) is 19.8 Å². The van der Waals surface area contributed by atoms with E-state index < -0.39 is 11.8 Å². The number of carbonyl (C=O) groups excluding carboxylic acids is 3. The molecule has 0 bridgehead atoms. The summed E-state index contributed by atoms with van der Waals surface area (Å²) in [6, 6.07) is 7.97. The number of nitrogens with two attached hydrogens (primary N) is 2. The quantitative estimate of drug-likeness (QED) is 0.277. The molecule has 0 atom stereocenters. The zero-order valence-corrected chi connectivity index (χ0v) is 15.9. The summed E-state index contributed by atoms with van der Waals surface area (Å²) < 4.78 is 10.1. The summed E-state index contributed by atoms with van der Waals surface area (Å²) >= 11 is 0. The molecule has 1 heterocycles. The van der Waals surface area contributed by atoms with E-state index in [4.69, 9.17) is 20.6 Å². The Morgan fingerprint density at radius 3 is 2.72 bits per heavy atom. The average Bonchev–Trinajstić information content (AvgIpc) is 3.11. The molecule has 0 fully saturated rings. The molecule has 29 heavy (non-hydrogen) atoms. The molecule has 6 N–H and O–H groups in total. The number of carbonyl (C=O) groups is 3. The standard InChI is InChI=1S/C19H23N5O5/c1-2-28-16(26)7-6-12-8-9-29-18(12)24-15(25)11-22-17(27)13-4-3-5-14(10-13)23-19(20)21/h3-5,8-10H,2,6-7,11H2,1H3,(H,22,27)(H,24,25)(H4,20,21,23). The number of anilines is 1. The first-order valence-electron chi connectivity index (χ1n) is 8.88. The van der Waals surface area contributed by atoms with E-state index in [0.717, 1.165) is 0 Å². The Bertz CT molecular complexity index is 902. The summed E-state index contributed by atoms with van der Waals surface area (Å²) in [5.41, 5.74) is 12.0. The SMILES string of the molecule is CCOC(=O)CCc1ccoc1NC(=O)CNC(=O)c1cccc(N=C(N)N)c1. The van der Waals surface area contributed by atoms with Gasteiger partial charge < -0.3 is 25.9 Å². The third-order valence-electron chi connectivity index (χ3n) is 3.68. The number of guanidine groups is 1. The number of ether oxygens (including phenoxy) is 1. The molecule has 10 heteroatoms. The van der Waals surface area contributed by atoms with E-state index in [1.165, 1.54) is 12.3 Å². The van der Waals surface area contributed by atoms with Crippen LogP contribution < -0.4 is 22.1 Å². The van der Waals surface area contributed by atoms with Crippen molar-refractivity contribution in [1.29, 1.82) is 0 Å². The maximum absolute atomic E-state index is 12.2. The third-order valence-corrected chi connectivity index (χ3v) is 3.68. The Morgan fingerprint density at radius 2 is 2.00 bits per heavy atom. The molecule has 2 rings (SSSR count). The van der Waals surface area contributed by atoms with Gasteiger partial charge in [0, 0.05) is 17.5 Å². The minimum atomic E-state index is -0.480. The molecule has 10 nitrogen and oxygen atoms in total. The number of amides is 2. The summed E-state index contributed by atoms with van der Waals surface area (Å²) in [6.45, 7) is 1.76. The molecule has 1 aromatic heterocycles. The zero-order chi connectivity index (χ0) is 21.2. The fourth-order valence-electron chi connectivity index (χ4n) is 2.41. The van der Waals surface area contributed by atoms with Crippen LogP contribution in [0.5, 0.6) is 0 Å². The molecular formula is C19H23N5O5. The van der Waals surface area contributed by atoms with Gasteiger partial charge in [0.05, 0.1) is 25.1 Å². The number of esters is 1. The van der Waals surface area contributed by atoms with Crippen LogP contribution in [0, 0.1) is 0 Å². The molecule has 0 saturated carbocycles. The monoisotopic (exact) mass is 401 g/mol. The number of hydrogen-bond acceptors (Lipinski definition) is 6. The van der Waals surface area contributed by atoms with Gasteiger partial charge in [-0.15, -0.1) is 0 Å². The van der Waals surface area contributed by atoms with Gasteiger partial charge in [-0.3, -0.25) is 19.7 Å². The molecule has 0 radical (unpaired) electrons. The number of aliphatic imine (C=N–C) groups is 1. The fraction of sp³-hybridized carbons (Fsp3) is 0.263. The lowest BCUT2D eigenvalue weighted by Crippen LogP contribution is -2.32. The molecule has 0 unspecified atom stereocenters. The number of furan rings is 1. The van der Waals surface area contributed by atoms with Crippen molar-refractivity contribution in [2.75, 3.05) is 18.5 Å². The Morgan fingerprint density at radius 1 is 1.21 bits per heavy atom. The first-order valence-corrected chi connectivity index (χ1v) is 8.88. The summed E-state index contributed by atoms with van der Waals surface area (Å²) in [6.07, 6.45) is 1.93. The summed E-state index contributed by atoms with van der Waals surface area (Å²) in [5.74, 6) is -1.18. The largest absolute Gasteiger partial charge is 0.466 e. The van der Waals surface area contributed by atoms with Gasteiger partial charge in [-0.2, -0.15) is 0 Å². The molecule has 2 amide bonds. The second kappa shape index (κ2) is 10.5. The van der Waals surface area contributed by atoms with Gasteiger partial charge in [0.15, 0.2) is 5.96 Å². The summed E-state index contributed by atoms with van der Waals surface area (Å²) in [5, 5.41) is 5.06. The van der Waals surface area contributed by atoms with Gasteiger partial charge in [0.25, 0.3) is 5.91 Å². The van der Waals surface area contributed by atoms with Crippen LogP contribution in [0.2, 0.25) is 0 Å². The predicted octanol–water partition coefficient (Wildman–Crippen LogP) is 1.05. The maximum Gasteiger partial charge on any atom is 0.306 e. The lowest BCUT2D eigenvalue weighted by molar-refractivity contribution is -0.143. The van der Waals surface area contributed by atoms with Crippen molar-refractivity contribution in [3.05, 3.63) is 47.7 Å². The van der Waals surface area contributed by atoms with Gasteiger partial charge in [0.2, 0.25) is 11.8 Å². The Kier molecular flexibility index (Phi) is 7.78. The Balaban J connectivity index is 1.88. The van der Waals surface area contributed by atoms with E-state index in [0.29, 0.717) is 29.8 Å². The van der Waals surface area contributed by atoms with Crippen LogP contribution in [0.4, 0.5) is 11.6 Å². The minimum Gasteiger partial charge on any atom is -0.466 e. The summed E-state index contributed by atoms with van der Waals surface area (Å²) in [7, 11) is 0. The third kappa shape index (κ3) is 7.01. The van der Waals surface area contributed by atoms with Crippen LogP contribution in [0.1, 0.15) is 29.3 Å². The number of nitrogens with zero attached hydrogens (tertiary/aromatic N) is 1. The highest BCUT2D eigenvalue weighted by Gasteiger charge is 2.14. The molecule has 0 aliphatic carbocycles. The van der Waals surface area contributed by atoms with Crippen LogP contribution in [0.15, 0.2) is 46.0 Å². The topological polar surface area (TPSA) is 162 Å². The minimum absolute atomic E-state index is 0.126. The van der Waals surface area contributed by atoms with E-state index in [1.54, 1.807) is 31.2 Å². The van der Waals surface area contributed by atoms with Crippen molar-refractivity contribution in [3.8, 4) is 0 Å². The van der Waals surface area contributed by atoms with Crippen molar-refractivity contribution in [2.24, 2.45) is 16.5 Å². The number of rotatable bonds is 9. The van der Waals surface area contributed by atoms with Crippen molar-refractivity contribution in [3.63, 3.8) is 0 Å². The lowest BCUT2D eigenvalue weighted by Gasteiger charge is -2.07. The average molecular weight is 401 g/mol. The Hall–Kier alpha value is -3.82. The molecule has 0 saturated heterocycles. The van der Waals surface area contributed by atoms with Crippen molar-refractivity contribution >= 4 is 35.3 Å². The molecule has 0 spiro atoms. The van der Waals surface area contributed by atoms with Crippen LogP contribution >= 0.6 is 0 Å². The van der Waals surface area contributed by atoms with Crippen LogP contribution in [-0.2, 0) is 20.7 Å². The van der Waals surface area contributed by atoms with Gasteiger partial charge in [-0.1, -0.05) is 6.07 Å². The molecular weight excluding hydrogens is 378 g/mol. The Labute approximate surface area is 167 Å². The molecule has 1 aromatic carbocycles. The number of nitrogens with one attached hydrogen (secondary N) is 2. The molecule has 0 aliphatic rings. The van der Waals surface area contributed by atoms with Crippen LogP contribution in [0.3, 0.4) is 0 Å². The lowest BCUT2D eigenvalue weighted by atomic mass is 10.2. The van der Waals surface area contributed by atoms with E-state index in [1.807, 2.05) is 0 Å². The highest BCUT2D eigenvalue weighted by atomic mass is 16.5. The first-order chi connectivity index (χ1) is 13.9. The molecule has 2 aromatic rings. The van der Waals surface area contributed by atoms with Crippen molar-refractivity contribution < 1.29 is 23.5 Å². The van der Waals surface area contributed by atoms with Crippen molar-refractivity contribution in [1.82, 2.24) is 5.32 Å². The molecule has 154 valence electrons. The predicted molar refractivity (Wildman–Crippen MR) is 107 cm³/mol. The first kappa shape index (κ1) is 21.5. The number of hydrogen-bond donors (Lipinski definition) is 4. The summed E-state index contributed by atoms with van der Waals surface area (Å²) in [4.78, 5) is 39.7. The normalized spacial score (nSPS) is 10.1. The van der Waals surface area contributed by atoms with E-state index in [2.05, 4.69) is 15.6 Å². The zero-order valence-electron chi connectivity index (χ0n) is 15.9. The smallest absolute Gasteiger partial charge is 0.306 e. The molecule has 0 aliphatic heterocycles. The maximum atomic E-state index is 12.2. The fourth-order valence-corrected chi connectivity index (χ4v) is 2.41. The van der Waals surface area contributed by atoms with Gasteiger partial charge in [0.1, 0.15) is 0 Å². The highest BCUT2D eigenvalue weighted by molar-refractivity contribution is 5.99. The van der Waals surface area contributed by atoms with E-state index in [9.17, 15) is 14.4 Å². The second-order valence-corrected chi connectivity index (χ2v) is 5.90. The second-order valence-electron chi connectivity index (χ2n) is 5.90. The van der Waals surface area contributed by atoms with Crippen LogP contribution in [-0.4, -0.2) is 36.9 Å². The van der Waals surface area contributed by atoms with Gasteiger partial charge in [-0.25, -0.2) is 4.99 Å². The van der Waals surface area contributed by atoms with E-state index >= 15 is 0 Å². The number of benzene rings is 1. The van der Waals surface area contributed by atoms with Gasteiger partial charge >= 0.3 is 5.97 Å². The van der Waals surface area contributed by atoms with Crippen LogP contribution in [0.25, 0.3) is 0 Å².